The molecule has 0 bridgehead atoms. The van der Waals surface area contributed by atoms with Crippen LogP contribution in [0.25, 0.3) is 11.0 Å². The minimum atomic E-state index is -0.390. The van der Waals surface area contributed by atoms with Crippen molar-refractivity contribution in [1.29, 1.82) is 0 Å². The Bertz CT molecular complexity index is 1260. The third-order valence-electron chi connectivity index (χ3n) is 4.72. The quantitative estimate of drug-likeness (QED) is 0.419. The number of aryl methyl sites for hydroxylation is 1. The van der Waals surface area contributed by atoms with Crippen molar-refractivity contribution in [1.82, 2.24) is 4.98 Å². The van der Waals surface area contributed by atoms with E-state index < -0.39 is 5.63 Å². The van der Waals surface area contributed by atoms with Crippen molar-refractivity contribution in [3.05, 3.63) is 81.2 Å². The number of hydrogen-bond donors (Lipinski definition) is 1. The lowest BCUT2D eigenvalue weighted by Crippen LogP contribution is -2.14. The summed E-state index contributed by atoms with van der Waals surface area (Å²) in [5, 5.41) is 6.47. The monoisotopic (exact) mass is 420 g/mol. The molecule has 0 aliphatic heterocycles. The maximum Gasteiger partial charge on any atom is 0.341 e. The van der Waals surface area contributed by atoms with E-state index in [1.54, 1.807) is 19.2 Å². The van der Waals surface area contributed by atoms with Gasteiger partial charge in [-0.2, -0.15) is 0 Å². The van der Waals surface area contributed by atoms with Crippen LogP contribution in [0.4, 0.5) is 5.69 Å². The first-order valence-electron chi connectivity index (χ1n) is 9.45. The molecule has 4 aromatic rings. The number of benzene rings is 2. The lowest BCUT2D eigenvalue weighted by atomic mass is 10.1. The average Bonchev–Trinajstić information content (AvgIpc) is 3.20. The van der Waals surface area contributed by atoms with Crippen molar-refractivity contribution in [2.24, 2.45) is 0 Å². The van der Waals surface area contributed by atoms with E-state index in [0.29, 0.717) is 35.1 Å². The first-order valence-corrected chi connectivity index (χ1v) is 10.3. The maximum absolute atomic E-state index is 12.6. The van der Waals surface area contributed by atoms with E-state index in [1.807, 2.05) is 48.7 Å². The second kappa shape index (κ2) is 8.51. The SMILES string of the molecule is CC(=O)Cc1cccc(NCc2c(C)c3ccc(Oc4nccs4)cc3oc2=O)c1. The molecule has 7 heteroatoms. The van der Waals surface area contributed by atoms with Gasteiger partial charge in [-0.15, -0.1) is 0 Å². The third kappa shape index (κ3) is 4.41. The van der Waals surface area contributed by atoms with Crippen molar-refractivity contribution in [2.75, 3.05) is 5.32 Å². The fourth-order valence-electron chi connectivity index (χ4n) is 3.27. The first-order chi connectivity index (χ1) is 14.5. The number of nitrogens with zero attached hydrogens (tertiary/aromatic N) is 1. The Kier molecular flexibility index (Phi) is 5.63. The van der Waals surface area contributed by atoms with E-state index >= 15 is 0 Å². The van der Waals surface area contributed by atoms with Crippen LogP contribution in [0.1, 0.15) is 23.6 Å². The fraction of sp³-hybridized carbons (Fsp3) is 0.174. The minimum Gasteiger partial charge on any atom is -0.431 e. The van der Waals surface area contributed by atoms with E-state index in [-0.39, 0.29) is 5.78 Å². The summed E-state index contributed by atoms with van der Waals surface area (Å²) < 4.78 is 11.3. The average molecular weight is 420 g/mol. The van der Waals surface area contributed by atoms with Gasteiger partial charge in [0.25, 0.3) is 5.19 Å². The Labute approximate surface area is 177 Å². The molecule has 30 heavy (non-hydrogen) atoms. The Balaban J connectivity index is 1.57. The standard InChI is InChI=1S/C23H20N2O4S/c1-14(26)10-16-4-3-5-17(11-16)25-13-20-15(2)19-7-6-18(12-21(19)29-22(20)27)28-23-24-8-9-30-23/h3-9,11-12,25H,10,13H2,1-2H3. The highest BCUT2D eigenvalue weighted by atomic mass is 32.1. The summed E-state index contributed by atoms with van der Waals surface area (Å²) in [7, 11) is 0. The highest BCUT2D eigenvalue weighted by Crippen LogP contribution is 2.28. The number of ketones is 1. The number of fused-ring (bicyclic) bond motifs is 1. The number of carbonyl (C=O) groups is 1. The normalized spacial score (nSPS) is 10.9. The Morgan fingerprint density at radius 3 is 2.87 bits per heavy atom. The number of Topliss-reactive ketones (excluding diaryl/α,β-unsaturated/α-hetero) is 1. The van der Waals surface area contributed by atoms with E-state index in [2.05, 4.69) is 10.3 Å². The molecule has 0 atom stereocenters. The van der Waals surface area contributed by atoms with Gasteiger partial charge in [-0.05, 0) is 49.2 Å². The van der Waals surface area contributed by atoms with Crippen LogP contribution in [-0.4, -0.2) is 10.8 Å². The summed E-state index contributed by atoms with van der Waals surface area (Å²) in [4.78, 5) is 28.1. The van der Waals surface area contributed by atoms with Gasteiger partial charge in [0.05, 0.1) is 5.56 Å². The second-order valence-electron chi connectivity index (χ2n) is 6.98. The Morgan fingerprint density at radius 2 is 2.10 bits per heavy atom. The second-order valence-corrected chi connectivity index (χ2v) is 7.84. The molecule has 0 saturated carbocycles. The molecule has 0 fully saturated rings. The molecule has 4 rings (SSSR count). The molecule has 0 spiro atoms. The summed E-state index contributed by atoms with van der Waals surface area (Å²) in [6.07, 6.45) is 2.05. The van der Waals surface area contributed by atoms with Crippen LogP contribution in [0.2, 0.25) is 0 Å². The van der Waals surface area contributed by atoms with E-state index in [0.717, 1.165) is 22.2 Å². The molecule has 2 heterocycles. The highest BCUT2D eigenvalue weighted by Gasteiger charge is 2.13. The predicted molar refractivity (Wildman–Crippen MR) is 118 cm³/mol. The number of carbonyl (C=O) groups excluding carboxylic acids is 1. The number of nitrogens with one attached hydrogen (secondary N) is 1. The van der Waals surface area contributed by atoms with Gasteiger partial charge in [0.15, 0.2) is 0 Å². The number of ether oxygens (including phenoxy) is 1. The zero-order valence-electron chi connectivity index (χ0n) is 16.6. The van der Waals surface area contributed by atoms with Gasteiger partial charge in [-0.25, -0.2) is 9.78 Å². The van der Waals surface area contributed by atoms with Gasteiger partial charge >= 0.3 is 5.63 Å². The lowest BCUT2D eigenvalue weighted by Gasteiger charge is -2.11. The van der Waals surface area contributed by atoms with Gasteiger partial charge in [0.2, 0.25) is 0 Å². The topological polar surface area (TPSA) is 81.4 Å². The smallest absolute Gasteiger partial charge is 0.341 e. The van der Waals surface area contributed by atoms with Crippen molar-refractivity contribution in [2.45, 2.75) is 26.8 Å². The zero-order chi connectivity index (χ0) is 21.1. The van der Waals surface area contributed by atoms with Gasteiger partial charge in [-0.3, -0.25) is 4.79 Å². The predicted octanol–water partition coefficient (Wildman–Crippen LogP) is 5.09. The molecule has 152 valence electrons. The largest absolute Gasteiger partial charge is 0.431 e. The summed E-state index contributed by atoms with van der Waals surface area (Å²) in [5.41, 5.74) is 3.28. The van der Waals surface area contributed by atoms with Crippen molar-refractivity contribution in [3.63, 3.8) is 0 Å². The van der Waals surface area contributed by atoms with Crippen LogP contribution in [0, 0.1) is 6.92 Å². The lowest BCUT2D eigenvalue weighted by molar-refractivity contribution is -0.116. The van der Waals surface area contributed by atoms with Gasteiger partial charge in [0, 0.05) is 41.7 Å². The van der Waals surface area contributed by atoms with Gasteiger partial charge in [0.1, 0.15) is 17.1 Å². The van der Waals surface area contributed by atoms with Crippen LogP contribution in [0.15, 0.2) is 63.3 Å². The molecule has 2 aromatic carbocycles. The fourth-order valence-corrected chi connectivity index (χ4v) is 3.78. The van der Waals surface area contributed by atoms with Crippen LogP contribution in [0.5, 0.6) is 10.9 Å². The summed E-state index contributed by atoms with van der Waals surface area (Å²) in [6, 6.07) is 13.0. The molecule has 0 amide bonds. The molecule has 0 saturated heterocycles. The van der Waals surface area contributed by atoms with Crippen LogP contribution in [-0.2, 0) is 17.8 Å². The number of anilines is 1. The molecule has 2 aromatic heterocycles. The van der Waals surface area contributed by atoms with Crippen molar-refractivity contribution >= 4 is 33.8 Å². The van der Waals surface area contributed by atoms with Gasteiger partial charge in [-0.1, -0.05) is 23.5 Å². The van der Waals surface area contributed by atoms with Crippen LogP contribution < -0.4 is 15.7 Å². The summed E-state index contributed by atoms with van der Waals surface area (Å²) in [6.45, 7) is 3.80. The molecule has 0 aliphatic carbocycles. The Hall–Kier alpha value is -3.45. The number of rotatable bonds is 7. The minimum absolute atomic E-state index is 0.108. The van der Waals surface area contributed by atoms with Crippen molar-refractivity contribution < 1.29 is 13.9 Å². The molecular formula is C23H20N2O4S. The number of aromatic nitrogens is 1. The molecule has 1 N–H and O–H groups in total. The van der Waals surface area contributed by atoms with E-state index in [9.17, 15) is 9.59 Å². The highest BCUT2D eigenvalue weighted by molar-refractivity contribution is 7.11. The van der Waals surface area contributed by atoms with Crippen molar-refractivity contribution in [3.8, 4) is 10.9 Å². The van der Waals surface area contributed by atoms with Crippen LogP contribution >= 0.6 is 11.3 Å². The van der Waals surface area contributed by atoms with E-state index in [4.69, 9.17) is 9.15 Å². The van der Waals surface area contributed by atoms with Crippen LogP contribution in [0.3, 0.4) is 0 Å². The number of hydrogen-bond acceptors (Lipinski definition) is 7. The number of thiazole rings is 1. The summed E-state index contributed by atoms with van der Waals surface area (Å²) in [5.74, 6) is 0.671. The van der Waals surface area contributed by atoms with E-state index in [1.165, 1.54) is 11.3 Å². The zero-order valence-corrected chi connectivity index (χ0v) is 17.4. The molecule has 6 nitrogen and oxygen atoms in total. The Morgan fingerprint density at radius 1 is 1.23 bits per heavy atom. The van der Waals surface area contributed by atoms with Gasteiger partial charge < -0.3 is 14.5 Å². The maximum atomic E-state index is 12.6. The molecular weight excluding hydrogens is 400 g/mol. The molecule has 0 radical (unpaired) electrons. The molecule has 0 unspecified atom stereocenters. The molecule has 0 aliphatic rings. The third-order valence-corrected chi connectivity index (χ3v) is 5.37. The first kappa shape index (κ1) is 19.8. The summed E-state index contributed by atoms with van der Waals surface area (Å²) >= 11 is 1.39.